The summed E-state index contributed by atoms with van der Waals surface area (Å²) in [5.41, 5.74) is 2.65. The minimum Gasteiger partial charge on any atom is -0.455 e. The fourth-order valence-electron chi connectivity index (χ4n) is 3.02. The van der Waals surface area contributed by atoms with Gasteiger partial charge in [-0.05, 0) is 17.0 Å². The molecule has 0 unspecified atom stereocenters. The maximum Gasteiger partial charge on any atom is 0.373 e. The summed E-state index contributed by atoms with van der Waals surface area (Å²) in [5.74, 6) is -0.132. The minimum absolute atomic E-state index is 0.230. The number of aromatic nitrogens is 2. The van der Waals surface area contributed by atoms with Gasteiger partial charge in [-0.1, -0.05) is 67.5 Å². The molecule has 4 nitrogen and oxygen atoms in total. The van der Waals surface area contributed by atoms with Gasteiger partial charge in [0.2, 0.25) is 5.82 Å². The summed E-state index contributed by atoms with van der Waals surface area (Å²) in [6.45, 7) is 2.11. The van der Waals surface area contributed by atoms with Gasteiger partial charge in [-0.15, -0.1) is 0 Å². The van der Waals surface area contributed by atoms with Crippen LogP contribution in [0.4, 0.5) is 0 Å². The standard InChI is InChI=1S/C20H16BN2O2/c1-21-23-17-12-11-15-9-5-6-10-16(15)18(17)22-19(23)20(24)25-13-14-7-3-2-4-8-14/h2-12H,13H2,1H3. The van der Waals surface area contributed by atoms with Crippen LogP contribution in [0.15, 0.2) is 66.7 Å². The minimum atomic E-state index is -0.428. The van der Waals surface area contributed by atoms with E-state index in [-0.39, 0.29) is 6.61 Å². The quantitative estimate of drug-likeness (QED) is 0.419. The van der Waals surface area contributed by atoms with E-state index in [4.69, 9.17) is 4.74 Å². The maximum absolute atomic E-state index is 12.6. The Morgan fingerprint density at radius 3 is 2.60 bits per heavy atom. The van der Waals surface area contributed by atoms with E-state index in [1.54, 1.807) is 4.48 Å². The molecule has 4 rings (SSSR count). The average molecular weight is 327 g/mol. The number of esters is 1. The molecule has 1 radical (unpaired) electrons. The van der Waals surface area contributed by atoms with Crippen molar-refractivity contribution >= 4 is 35.2 Å². The molecule has 0 aliphatic carbocycles. The number of imidazole rings is 1. The highest BCUT2D eigenvalue weighted by atomic mass is 16.5. The van der Waals surface area contributed by atoms with Crippen LogP contribution in [0.5, 0.6) is 0 Å². The van der Waals surface area contributed by atoms with Gasteiger partial charge in [-0.2, -0.15) is 0 Å². The van der Waals surface area contributed by atoms with Crippen molar-refractivity contribution in [2.45, 2.75) is 13.4 Å². The van der Waals surface area contributed by atoms with Crippen LogP contribution in [0.3, 0.4) is 0 Å². The predicted octanol–water partition coefficient (Wildman–Crippen LogP) is 4.06. The third-order valence-electron chi connectivity index (χ3n) is 4.24. The Kier molecular flexibility index (Phi) is 3.98. The zero-order valence-corrected chi connectivity index (χ0v) is 13.8. The van der Waals surface area contributed by atoms with E-state index in [0.29, 0.717) is 5.82 Å². The first-order valence-corrected chi connectivity index (χ1v) is 8.18. The van der Waals surface area contributed by atoms with Crippen molar-refractivity contribution in [1.29, 1.82) is 0 Å². The average Bonchev–Trinajstić information content (AvgIpc) is 3.06. The number of nitrogens with zero attached hydrogens (tertiary/aromatic N) is 2. The molecule has 0 N–H and O–H groups in total. The summed E-state index contributed by atoms with van der Waals surface area (Å²) in [6.07, 6.45) is 0. The van der Waals surface area contributed by atoms with Gasteiger partial charge < -0.3 is 9.21 Å². The second kappa shape index (κ2) is 6.44. The largest absolute Gasteiger partial charge is 0.455 e. The second-order valence-electron chi connectivity index (χ2n) is 5.78. The van der Waals surface area contributed by atoms with E-state index in [1.807, 2.05) is 81.0 Å². The van der Waals surface area contributed by atoms with Crippen molar-refractivity contribution < 1.29 is 9.53 Å². The molecule has 0 aliphatic heterocycles. The Labute approximate surface area is 146 Å². The van der Waals surface area contributed by atoms with E-state index in [0.717, 1.165) is 27.4 Å². The fourth-order valence-corrected chi connectivity index (χ4v) is 3.02. The van der Waals surface area contributed by atoms with Crippen LogP contribution < -0.4 is 0 Å². The van der Waals surface area contributed by atoms with Gasteiger partial charge in [0, 0.05) is 5.39 Å². The zero-order chi connectivity index (χ0) is 17.2. The molecule has 4 aromatic rings. The SMILES string of the molecule is C[B]n1c(C(=O)OCc2ccccc2)nc2c3ccccc3ccc21. The molecule has 0 aliphatic rings. The van der Waals surface area contributed by atoms with Crippen LogP contribution in [0, 0.1) is 0 Å². The highest BCUT2D eigenvalue weighted by Crippen LogP contribution is 2.25. The Morgan fingerprint density at radius 1 is 1.04 bits per heavy atom. The lowest BCUT2D eigenvalue weighted by Crippen LogP contribution is -2.15. The van der Waals surface area contributed by atoms with Crippen molar-refractivity contribution in [3.63, 3.8) is 0 Å². The first-order valence-electron chi connectivity index (χ1n) is 8.18. The molecule has 25 heavy (non-hydrogen) atoms. The smallest absolute Gasteiger partial charge is 0.373 e. The van der Waals surface area contributed by atoms with Gasteiger partial charge in [0.25, 0.3) is 7.41 Å². The van der Waals surface area contributed by atoms with E-state index >= 15 is 0 Å². The van der Waals surface area contributed by atoms with Crippen LogP contribution in [-0.2, 0) is 11.3 Å². The molecule has 1 heterocycles. The molecule has 0 spiro atoms. The van der Waals surface area contributed by atoms with E-state index in [1.165, 1.54) is 0 Å². The Bertz CT molecular complexity index is 1060. The molecule has 0 saturated heterocycles. The van der Waals surface area contributed by atoms with Crippen molar-refractivity contribution in [1.82, 2.24) is 9.46 Å². The van der Waals surface area contributed by atoms with Gasteiger partial charge in [0.15, 0.2) is 0 Å². The van der Waals surface area contributed by atoms with Gasteiger partial charge in [0.05, 0.1) is 11.0 Å². The van der Waals surface area contributed by atoms with Gasteiger partial charge in [-0.3, -0.25) is 0 Å². The highest BCUT2D eigenvalue weighted by molar-refractivity contribution is 6.35. The topological polar surface area (TPSA) is 44.1 Å². The predicted molar refractivity (Wildman–Crippen MR) is 99.8 cm³/mol. The molecule has 3 aromatic carbocycles. The molecular formula is C20H16BN2O2. The van der Waals surface area contributed by atoms with Crippen LogP contribution in [0.1, 0.15) is 16.2 Å². The second-order valence-corrected chi connectivity index (χ2v) is 5.78. The molecule has 1 aromatic heterocycles. The van der Waals surface area contributed by atoms with E-state index in [2.05, 4.69) is 4.98 Å². The number of carbonyl (C=O) groups excluding carboxylic acids is 1. The van der Waals surface area contributed by atoms with Crippen molar-refractivity contribution in [2.75, 3.05) is 0 Å². The third kappa shape index (κ3) is 2.78. The molecule has 0 amide bonds. The molecule has 0 bridgehead atoms. The molecule has 0 saturated carbocycles. The van der Waals surface area contributed by atoms with Gasteiger partial charge in [-0.25, -0.2) is 9.78 Å². The molecule has 5 heteroatoms. The third-order valence-corrected chi connectivity index (χ3v) is 4.24. The monoisotopic (exact) mass is 327 g/mol. The summed E-state index contributed by atoms with van der Waals surface area (Å²) < 4.78 is 7.24. The summed E-state index contributed by atoms with van der Waals surface area (Å²) in [4.78, 5) is 17.2. The van der Waals surface area contributed by atoms with Gasteiger partial charge in [0.1, 0.15) is 6.61 Å². The summed E-state index contributed by atoms with van der Waals surface area (Å²) in [6, 6.07) is 21.7. The first kappa shape index (κ1) is 15.5. The molecular weight excluding hydrogens is 311 g/mol. The van der Waals surface area contributed by atoms with E-state index in [9.17, 15) is 4.79 Å². The van der Waals surface area contributed by atoms with Crippen LogP contribution >= 0.6 is 0 Å². The Morgan fingerprint density at radius 2 is 1.80 bits per heavy atom. The van der Waals surface area contributed by atoms with Crippen LogP contribution in [0.25, 0.3) is 21.8 Å². The lowest BCUT2D eigenvalue weighted by atomic mass is 9.98. The summed E-state index contributed by atoms with van der Waals surface area (Å²) in [5, 5.41) is 2.12. The number of fused-ring (bicyclic) bond motifs is 3. The van der Waals surface area contributed by atoms with E-state index < -0.39 is 5.97 Å². The molecule has 121 valence electrons. The van der Waals surface area contributed by atoms with Crippen LogP contribution in [0.2, 0.25) is 6.82 Å². The highest BCUT2D eigenvalue weighted by Gasteiger charge is 2.19. The summed E-state index contributed by atoms with van der Waals surface area (Å²) >= 11 is 0. The number of carbonyl (C=O) groups is 1. The van der Waals surface area contributed by atoms with Crippen molar-refractivity contribution in [3.8, 4) is 0 Å². The lowest BCUT2D eigenvalue weighted by Gasteiger charge is -2.06. The van der Waals surface area contributed by atoms with Crippen molar-refractivity contribution in [3.05, 3.63) is 78.1 Å². The number of hydrogen-bond acceptors (Lipinski definition) is 3. The molecule has 0 atom stereocenters. The van der Waals surface area contributed by atoms with Crippen molar-refractivity contribution in [2.24, 2.45) is 0 Å². The number of hydrogen-bond donors (Lipinski definition) is 0. The number of rotatable bonds is 4. The Balaban J connectivity index is 1.73. The molecule has 0 fully saturated rings. The lowest BCUT2D eigenvalue weighted by molar-refractivity contribution is 0.0458. The summed E-state index contributed by atoms with van der Waals surface area (Å²) in [7, 11) is 1.84. The first-order chi connectivity index (χ1) is 12.3. The zero-order valence-electron chi connectivity index (χ0n) is 13.8. The normalized spacial score (nSPS) is 10.9. The Hall–Kier alpha value is -3.08. The number of benzene rings is 3. The maximum atomic E-state index is 12.6. The number of ether oxygens (including phenoxy) is 1. The van der Waals surface area contributed by atoms with Crippen LogP contribution in [-0.4, -0.2) is 22.8 Å². The van der Waals surface area contributed by atoms with Gasteiger partial charge >= 0.3 is 5.97 Å². The fraction of sp³-hybridized carbons (Fsp3) is 0.100.